The number of allylic oxidation sites excluding steroid dienone is 2. The van der Waals surface area contributed by atoms with Crippen molar-refractivity contribution >= 4 is 12.5 Å². The Labute approximate surface area is 63.8 Å². The van der Waals surface area contributed by atoms with Gasteiger partial charge in [-0.2, -0.15) is 5.01 Å². The van der Waals surface area contributed by atoms with E-state index in [-0.39, 0.29) is 17.0 Å². The zero-order valence-electron chi connectivity index (χ0n) is 4.97. The zero-order valence-corrected chi connectivity index (χ0v) is 6.55. The van der Waals surface area contributed by atoms with Gasteiger partial charge in [-0.05, 0) is 0 Å². The van der Waals surface area contributed by atoms with Crippen molar-refractivity contribution < 1.29 is 26.8 Å². The molecule has 1 atom stereocenters. The molecule has 0 aliphatic carbocycles. The van der Waals surface area contributed by atoms with Gasteiger partial charge in [-0.15, -0.1) is 0 Å². The molecule has 0 spiro atoms. The molecule has 0 fully saturated rings. The molecule has 9 heavy (non-hydrogen) atoms. The summed E-state index contributed by atoms with van der Waals surface area (Å²) in [4.78, 5) is 10.0. The first kappa shape index (κ1) is 8.52. The van der Waals surface area contributed by atoms with Crippen LogP contribution in [0.25, 0.3) is 0 Å². The number of hydrogen-bond donors (Lipinski definition) is 1. The smallest absolute Gasteiger partial charge is 0.205 e. The summed E-state index contributed by atoms with van der Waals surface area (Å²) < 4.78 is 0. The van der Waals surface area contributed by atoms with Crippen LogP contribution in [0.4, 0.5) is 0 Å². The number of hydrogen-bond acceptors (Lipinski definition) is 2. The molecule has 0 aromatic rings. The van der Waals surface area contributed by atoms with Gasteiger partial charge in [0.25, 0.3) is 0 Å². The van der Waals surface area contributed by atoms with Gasteiger partial charge in [0.15, 0.2) is 5.70 Å². The fourth-order valence-electron chi connectivity index (χ4n) is 0.549. The normalized spacial score (nSPS) is 22.8. The van der Waals surface area contributed by atoms with Gasteiger partial charge in [0.1, 0.15) is 0 Å². The lowest BCUT2D eigenvalue weighted by molar-refractivity contribution is -0.837. The number of halogens is 1. The van der Waals surface area contributed by atoms with Crippen LogP contribution in [0.2, 0.25) is 0 Å². The quantitative estimate of drug-likeness (QED) is 0.417. The van der Waals surface area contributed by atoms with E-state index in [0.717, 1.165) is 11.3 Å². The Morgan fingerprint density at radius 1 is 1.78 bits per heavy atom. The van der Waals surface area contributed by atoms with Crippen LogP contribution in [-0.4, -0.2) is 19.5 Å². The number of rotatable bonds is 1. The van der Waals surface area contributed by atoms with Gasteiger partial charge in [0.2, 0.25) is 6.29 Å². The lowest BCUT2D eigenvalue weighted by atomic mass is 10.4. The van der Waals surface area contributed by atoms with Crippen molar-refractivity contribution in [1.29, 1.82) is 0 Å². The average molecular weight is 191 g/mol. The molecule has 1 N–H and O–H groups in total. The maximum absolute atomic E-state index is 10.0. The average Bonchev–Trinajstić information content (AvgIpc) is 2.14. The minimum absolute atomic E-state index is 0. The predicted molar refractivity (Wildman–Crippen MR) is 29.5 cm³/mol. The number of nitrogens with zero attached hydrogens (tertiary/aromatic N) is 1. The Bertz CT molecular complexity index is 164. The molecular formula is C5H7BrN2O. The van der Waals surface area contributed by atoms with E-state index in [2.05, 4.69) is 5.10 Å². The SMILES string of the molecule is C[NH+]1N=CC=C1C=O.[Br-]. The first-order chi connectivity index (χ1) is 3.84. The minimum atomic E-state index is 0. The molecule has 50 valence electrons. The van der Waals surface area contributed by atoms with Gasteiger partial charge in [0.05, 0.1) is 13.3 Å². The molecule has 1 heterocycles. The van der Waals surface area contributed by atoms with Gasteiger partial charge in [-0.1, -0.05) is 5.10 Å². The third-order valence-corrected chi connectivity index (χ3v) is 1.07. The highest BCUT2D eigenvalue weighted by Crippen LogP contribution is 1.77. The van der Waals surface area contributed by atoms with Gasteiger partial charge in [-0.3, -0.25) is 4.79 Å². The summed E-state index contributed by atoms with van der Waals surface area (Å²) in [6, 6.07) is 0. The zero-order chi connectivity index (χ0) is 5.98. The summed E-state index contributed by atoms with van der Waals surface area (Å²) in [6.45, 7) is 0. The highest BCUT2D eigenvalue weighted by Gasteiger charge is 2.10. The standard InChI is InChI=1S/C5H6N2O.BrH/c1-7-5(4-8)2-3-6-7;/h2-4H,1H3;1H. The largest absolute Gasteiger partial charge is 1.00 e. The summed E-state index contributed by atoms with van der Waals surface area (Å²) in [5.41, 5.74) is 0.685. The number of nitrogens with one attached hydrogen (secondary N) is 1. The molecule has 0 saturated carbocycles. The molecule has 1 unspecified atom stereocenters. The van der Waals surface area contributed by atoms with Crippen LogP contribution in [0.1, 0.15) is 0 Å². The maximum Gasteiger partial charge on any atom is 0.205 e. The van der Waals surface area contributed by atoms with Gasteiger partial charge < -0.3 is 17.0 Å². The Morgan fingerprint density at radius 3 is 2.67 bits per heavy atom. The summed E-state index contributed by atoms with van der Waals surface area (Å²) in [7, 11) is 1.81. The predicted octanol–water partition coefficient (Wildman–Crippen LogP) is -4.41. The first-order valence-electron chi connectivity index (χ1n) is 2.38. The second-order valence-corrected chi connectivity index (χ2v) is 1.60. The number of aldehydes is 1. The van der Waals surface area contributed by atoms with Crippen molar-refractivity contribution in [2.24, 2.45) is 5.10 Å². The van der Waals surface area contributed by atoms with Crippen LogP contribution < -0.4 is 22.0 Å². The molecule has 0 saturated heterocycles. The van der Waals surface area contributed by atoms with E-state index in [1.807, 2.05) is 7.05 Å². The maximum atomic E-state index is 10.0. The Kier molecular flexibility index (Phi) is 3.34. The Balaban J connectivity index is 0.000000640. The minimum Gasteiger partial charge on any atom is -1.00 e. The van der Waals surface area contributed by atoms with Gasteiger partial charge in [0, 0.05) is 6.08 Å². The van der Waals surface area contributed by atoms with E-state index < -0.39 is 0 Å². The van der Waals surface area contributed by atoms with Crippen molar-refractivity contribution in [2.45, 2.75) is 0 Å². The van der Waals surface area contributed by atoms with Gasteiger partial charge >= 0.3 is 0 Å². The molecule has 1 rings (SSSR count). The molecule has 1 aliphatic rings. The fraction of sp³-hybridized carbons (Fsp3) is 0.200. The second-order valence-electron chi connectivity index (χ2n) is 1.60. The molecule has 0 amide bonds. The Hall–Kier alpha value is -0.480. The highest BCUT2D eigenvalue weighted by molar-refractivity contribution is 5.82. The monoisotopic (exact) mass is 190 g/mol. The topological polar surface area (TPSA) is 33.9 Å². The molecule has 0 aromatic heterocycles. The number of carbonyl (C=O) groups is 1. The summed E-state index contributed by atoms with van der Waals surface area (Å²) in [5, 5.41) is 4.66. The van der Waals surface area contributed by atoms with Crippen LogP contribution in [0.3, 0.4) is 0 Å². The molecule has 0 radical (unpaired) electrons. The molecule has 3 nitrogen and oxygen atoms in total. The van der Waals surface area contributed by atoms with Crippen LogP contribution in [-0.2, 0) is 4.79 Å². The van der Waals surface area contributed by atoms with Crippen molar-refractivity contribution in [3.63, 3.8) is 0 Å². The van der Waals surface area contributed by atoms with Crippen LogP contribution in [0.5, 0.6) is 0 Å². The van der Waals surface area contributed by atoms with E-state index in [4.69, 9.17) is 0 Å². The van der Waals surface area contributed by atoms with Crippen molar-refractivity contribution in [1.82, 2.24) is 0 Å². The van der Waals surface area contributed by atoms with E-state index in [0.29, 0.717) is 5.70 Å². The van der Waals surface area contributed by atoms with Crippen LogP contribution in [0, 0.1) is 0 Å². The number of likely N-dealkylation sites (N-methyl/N-ethyl adjacent to an activating group) is 1. The molecule has 0 bridgehead atoms. The second kappa shape index (κ2) is 3.53. The lowest BCUT2D eigenvalue weighted by Gasteiger charge is -1.95. The van der Waals surface area contributed by atoms with E-state index in [1.54, 1.807) is 12.3 Å². The van der Waals surface area contributed by atoms with Crippen molar-refractivity contribution in [2.75, 3.05) is 7.05 Å². The first-order valence-corrected chi connectivity index (χ1v) is 2.38. The number of quaternary nitrogens is 1. The Morgan fingerprint density at radius 2 is 2.44 bits per heavy atom. The molecule has 1 aliphatic heterocycles. The van der Waals surface area contributed by atoms with E-state index >= 15 is 0 Å². The molecular weight excluding hydrogens is 184 g/mol. The van der Waals surface area contributed by atoms with Crippen molar-refractivity contribution in [3.05, 3.63) is 11.8 Å². The fourth-order valence-corrected chi connectivity index (χ4v) is 0.549. The van der Waals surface area contributed by atoms with E-state index in [9.17, 15) is 4.79 Å². The molecule has 0 aromatic carbocycles. The van der Waals surface area contributed by atoms with Gasteiger partial charge in [-0.25, -0.2) is 0 Å². The van der Waals surface area contributed by atoms with E-state index in [1.165, 1.54) is 0 Å². The van der Waals surface area contributed by atoms with Crippen LogP contribution in [0.15, 0.2) is 16.9 Å². The third kappa shape index (κ3) is 1.73. The lowest BCUT2D eigenvalue weighted by Crippen LogP contribution is -3.01. The summed E-state index contributed by atoms with van der Waals surface area (Å²) >= 11 is 0. The van der Waals surface area contributed by atoms with Crippen LogP contribution >= 0.6 is 0 Å². The van der Waals surface area contributed by atoms with Crippen molar-refractivity contribution in [3.8, 4) is 0 Å². The highest BCUT2D eigenvalue weighted by atomic mass is 79.9. The number of carbonyl (C=O) groups excluding carboxylic acids is 1. The third-order valence-electron chi connectivity index (χ3n) is 1.07. The molecule has 4 heteroatoms. The summed E-state index contributed by atoms with van der Waals surface area (Å²) in [6.07, 6.45) is 4.13. The summed E-state index contributed by atoms with van der Waals surface area (Å²) in [5.74, 6) is 0.